The van der Waals surface area contributed by atoms with E-state index in [1.165, 1.54) is 11.1 Å². The minimum atomic E-state index is -0.0531. The molecular formula is C14H17NO2. The summed E-state index contributed by atoms with van der Waals surface area (Å²) in [5.74, 6) is 0.977. The molecule has 3 nitrogen and oxygen atoms in total. The second-order valence-electron chi connectivity index (χ2n) is 4.66. The number of rotatable bonds is 2. The summed E-state index contributed by atoms with van der Waals surface area (Å²) in [6, 6.07) is 8.10. The molecule has 3 heteroatoms. The van der Waals surface area contributed by atoms with Crippen molar-refractivity contribution in [1.29, 1.82) is 0 Å². The van der Waals surface area contributed by atoms with E-state index in [-0.39, 0.29) is 12.1 Å². The third-order valence-corrected chi connectivity index (χ3v) is 3.46. The van der Waals surface area contributed by atoms with Crippen molar-refractivity contribution in [3.63, 3.8) is 0 Å². The molecule has 0 fully saturated rings. The molecule has 2 aliphatic rings. The SMILES string of the molecule is NC(C1=COCCC1)C1Cc2ccccc2O1. The lowest BCUT2D eigenvalue weighted by molar-refractivity contribution is 0.187. The summed E-state index contributed by atoms with van der Waals surface area (Å²) in [4.78, 5) is 0. The topological polar surface area (TPSA) is 44.5 Å². The molecule has 1 aromatic rings. The maximum absolute atomic E-state index is 6.26. The van der Waals surface area contributed by atoms with Crippen LogP contribution in [0.1, 0.15) is 18.4 Å². The van der Waals surface area contributed by atoms with E-state index in [0.717, 1.165) is 31.6 Å². The first-order valence-electron chi connectivity index (χ1n) is 6.15. The Labute approximate surface area is 101 Å². The molecule has 0 saturated carbocycles. The molecule has 0 aliphatic carbocycles. The van der Waals surface area contributed by atoms with Crippen molar-refractivity contribution in [2.24, 2.45) is 5.73 Å². The molecule has 2 heterocycles. The van der Waals surface area contributed by atoms with Crippen molar-refractivity contribution in [3.8, 4) is 5.75 Å². The van der Waals surface area contributed by atoms with E-state index in [1.807, 2.05) is 24.5 Å². The van der Waals surface area contributed by atoms with Crippen LogP contribution < -0.4 is 10.5 Å². The Hall–Kier alpha value is -1.48. The Bertz CT molecular complexity index is 417. The predicted molar refractivity (Wildman–Crippen MR) is 65.8 cm³/mol. The van der Waals surface area contributed by atoms with Crippen LogP contribution in [0.5, 0.6) is 5.75 Å². The van der Waals surface area contributed by atoms with E-state index >= 15 is 0 Å². The Kier molecular flexibility index (Phi) is 2.77. The zero-order valence-corrected chi connectivity index (χ0v) is 9.76. The van der Waals surface area contributed by atoms with Gasteiger partial charge in [0.1, 0.15) is 11.9 Å². The molecule has 2 N–H and O–H groups in total. The Balaban J connectivity index is 1.73. The highest BCUT2D eigenvalue weighted by molar-refractivity contribution is 5.38. The van der Waals surface area contributed by atoms with Crippen LogP contribution in [0.25, 0.3) is 0 Å². The molecule has 3 rings (SSSR count). The first kappa shape index (κ1) is 10.7. The lowest BCUT2D eigenvalue weighted by atomic mass is 9.95. The highest BCUT2D eigenvalue weighted by atomic mass is 16.5. The molecule has 2 atom stereocenters. The molecule has 0 aromatic heterocycles. The van der Waals surface area contributed by atoms with Crippen LogP contribution in [0, 0.1) is 0 Å². The zero-order chi connectivity index (χ0) is 11.7. The minimum Gasteiger partial charge on any atom is -0.501 e. The van der Waals surface area contributed by atoms with Gasteiger partial charge in [-0.05, 0) is 30.0 Å². The average molecular weight is 231 g/mol. The highest BCUT2D eigenvalue weighted by Crippen LogP contribution is 2.31. The number of benzene rings is 1. The molecule has 17 heavy (non-hydrogen) atoms. The van der Waals surface area contributed by atoms with Crippen molar-refractivity contribution in [3.05, 3.63) is 41.7 Å². The summed E-state index contributed by atoms with van der Waals surface area (Å²) in [6.45, 7) is 0.808. The van der Waals surface area contributed by atoms with Gasteiger partial charge in [-0.3, -0.25) is 0 Å². The summed E-state index contributed by atoms with van der Waals surface area (Å²) in [7, 11) is 0. The van der Waals surface area contributed by atoms with E-state index in [2.05, 4.69) is 6.07 Å². The predicted octanol–water partition coefficient (Wildman–Crippen LogP) is 2.01. The first-order valence-corrected chi connectivity index (χ1v) is 6.15. The van der Waals surface area contributed by atoms with Gasteiger partial charge in [0.2, 0.25) is 0 Å². The quantitative estimate of drug-likeness (QED) is 0.846. The zero-order valence-electron chi connectivity index (χ0n) is 9.76. The average Bonchev–Trinajstić information content (AvgIpc) is 2.82. The van der Waals surface area contributed by atoms with Crippen LogP contribution in [0.3, 0.4) is 0 Å². The number of fused-ring (bicyclic) bond motifs is 1. The fraction of sp³-hybridized carbons (Fsp3) is 0.429. The Morgan fingerprint density at radius 1 is 1.29 bits per heavy atom. The Morgan fingerprint density at radius 3 is 2.94 bits per heavy atom. The number of hydrogen-bond acceptors (Lipinski definition) is 3. The van der Waals surface area contributed by atoms with Crippen molar-refractivity contribution in [1.82, 2.24) is 0 Å². The van der Waals surface area contributed by atoms with Gasteiger partial charge in [0.15, 0.2) is 0 Å². The normalized spacial score (nSPS) is 24.3. The summed E-state index contributed by atoms with van der Waals surface area (Å²) in [6.07, 6.45) is 4.85. The van der Waals surface area contributed by atoms with Crippen LogP contribution >= 0.6 is 0 Å². The lowest BCUT2D eigenvalue weighted by Gasteiger charge is -2.24. The molecule has 1 aromatic carbocycles. The van der Waals surface area contributed by atoms with E-state index in [4.69, 9.17) is 15.2 Å². The largest absolute Gasteiger partial charge is 0.501 e. The van der Waals surface area contributed by atoms with Gasteiger partial charge < -0.3 is 15.2 Å². The maximum Gasteiger partial charge on any atom is 0.123 e. The molecule has 0 spiro atoms. The Morgan fingerprint density at radius 2 is 2.18 bits per heavy atom. The van der Waals surface area contributed by atoms with Gasteiger partial charge in [-0.2, -0.15) is 0 Å². The van der Waals surface area contributed by atoms with E-state index in [1.54, 1.807) is 0 Å². The highest BCUT2D eigenvalue weighted by Gasteiger charge is 2.30. The fourth-order valence-electron chi connectivity index (χ4n) is 2.48. The molecule has 0 amide bonds. The minimum absolute atomic E-state index is 0.0531. The monoisotopic (exact) mass is 231 g/mol. The smallest absolute Gasteiger partial charge is 0.123 e. The van der Waals surface area contributed by atoms with Crippen molar-refractivity contribution in [2.45, 2.75) is 31.4 Å². The second kappa shape index (κ2) is 4.41. The second-order valence-corrected chi connectivity index (χ2v) is 4.66. The van der Waals surface area contributed by atoms with Crippen LogP contribution in [0.15, 0.2) is 36.1 Å². The van der Waals surface area contributed by atoms with E-state index in [9.17, 15) is 0 Å². The van der Waals surface area contributed by atoms with Crippen molar-refractivity contribution < 1.29 is 9.47 Å². The summed E-state index contributed by atoms with van der Waals surface area (Å²) < 4.78 is 11.2. The molecule has 2 aliphatic heterocycles. The van der Waals surface area contributed by atoms with Gasteiger partial charge in [-0.1, -0.05) is 18.2 Å². The summed E-state index contributed by atoms with van der Waals surface area (Å²) in [5.41, 5.74) is 8.69. The van der Waals surface area contributed by atoms with E-state index < -0.39 is 0 Å². The van der Waals surface area contributed by atoms with Gasteiger partial charge in [-0.15, -0.1) is 0 Å². The van der Waals surface area contributed by atoms with Gasteiger partial charge >= 0.3 is 0 Å². The van der Waals surface area contributed by atoms with Gasteiger partial charge in [0, 0.05) is 6.42 Å². The molecule has 90 valence electrons. The van der Waals surface area contributed by atoms with Gasteiger partial charge in [0.05, 0.1) is 18.9 Å². The molecule has 0 bridgehead atoms. The number of ether oxygens (including phenoxy) is 2. The standard InChI is InChI=1S/C14H17NO2/c15-14(11-5-3-7-16-9-11)13-8-10-4-1-2-6-12(10)17-13/h1-2,4,6,9,13-14H,3,5,7-8,15H2. The van der Waals surface area contributed by atoms with Gasteiger partial charge in [0.25, 0.3) is 0 Å². The van der Waals surface area contributed by atoms with Gasteiger partial charge in [-0.25, -0.2) is 0 Å². The third-order valence-electron chi connectivity index (χ3n) is 3.46. The summed E-state index contributed by atoms with van der Waals surface area (Å²) >= 11 is 0. The van der Waals surface area contributed by atoms with Crippen LogP contribution in [-0.4, -0.2) is 18.8 Å². The molecule has 2 unspecified atom stereocenters. The third kappa shape index (κ3) is 2.03. The maximum atomic E-state index is 6.26. The van der Waals surface area contributed by atoms with Crippen LogP contribution in [-0.2, 0) is 11.2 Å². The molecule has 0 saturated heterocycles. The lowest BCUT2D eigenvalue weighted by Crippen LogP contribution is -2.40. The summed E-state index contributed by atoms with van der Waals surface area (Å²) in [5, 5.41) is 0. The van der Waals surface area contributed by atoms with Crippen LogP contribution in [0.4, 0.5) is 0 Å². The molecular weight excluding hydrogens is 214 g/mol. The van der Waals surface area contributed by atoms with Crippen LogP contribution in [0.2, 0.25) is 0 Å². The van der Waals surface area contributed by atoms with Crippen molar-refractivity contribution in [2.75, 3.05) is 6.61 Å². The number of hydrogen-bond donors (Lipinski definition) is 1. The first-order chi connectivity index (χ1) is 8.34. The fourth-order valence-corrected chi connectivity index (χ4v) is 2.48. The van der Waals surface area contributed by atoms with Crippen molar-refractivity contribution >= 4 is 0 Å². The number of nitrogens with two attached hydrogens (primary N) is 1. The van der Waals surface area contributed by atoms with E-state index in [0.29, 0.717) is 0 Å². The molecule has 0 radical (unpaired) electrons. The number of para-hydroxylation sites is 1.